The first kappa shape index (κ1) is 42.0. The molecule has 15 nitrogen and oxygen atoms in total. The highest BCUT2D eigenvalue weighted by Gasteiger charge is 2.54. The van der Waals surface area contributed by atoms with Crippen LogP contribution in [0.4, 0.5) is 0 Å². The molecule has 248 valence electrons. The Hall–Kier alpha value is -2.13. The number of esters is 4. The molecule has 0 aliphatic carbocycles. The van der Waals surface area contributed by atoms with E-state index in [-0.39, 0.29) is 0 Å². The largest absolute Gasteiger partial charge is 0.472 e. The van der Waals surface area contributed by atoms with Crippen LogP contribution >= 0.6 is 7.82 Å². The third-order valence-electron chi connectivity index (χ3n) is 5.87. The fourth-order valence-corrected chi connectivity index (χ4v) is 4.19. The van der Waals surface area contributed by atoms with Gasteiger partial charge < -0.3 is 43.3 Å². The normalized spacial score (nSPS) is 21.7. The van der Waals surface area contributed by atoms with E-state index < -0.39 is 69.0 Å². The van der Waals surface area contributed by atoms with Gasteiger partial charge in [-0.1, -0.05) is 41.5 Å². The summed E-state index contributed by atoms with van der Waals surface area (Å²) in [5.41, 5.74) is 0. The van der Waals surface area contributed by atoms with E-state index in [0.29, 0.717) is 0 Å². The topological polar surface area (TPSA) is 188 Å². The molecule has 16 heteroatoms. The second-order valence-electron chi connectivity index (χ2n) is 8.90. The van der Waals surface area contributed by atoms with Crippen molar-refractivity contribution in [2.75, 3.05) is 45.9 Å². The number of hydrogen-bond donors (Lipinski definition) is 2. The zero-order valence-corrected chi connectivity index (χ0v) is 27.5. The molecule has 0 saturated carbocycles. The van der Waals surface area contributed by atoms with Gasteiger partial charge in [0.1, 0.15) is 12.7 Å². The third kappa shape index (κ3) is 19.1. The minimum absolute atomic E-state index is 0.543. The molecule has 0 amide bonds. The number of phosphoric ester groups is 1. The van der Waals surface area contributed by atoms with Gasteiger partial charge in [0.05, 0.1) is 0 Å². The van der Waals surface area contributed by atoms with Gasteiger partial charge in [0.25, 0.3) is 0 Å². The molecule has 1 aliphatic rings. The lowest BCUT2D eigenvalue weighted by atomic mass is 9.98. The maximum absolute atomic E-state index is 11.5. The Balaban J connectivity index is 0. The molecule has 0 aromatic carbocycles. The molecule has 0 aromatic rings. The number of carbonyl (C=O) groups is 4. The van der Waals surface area contributed by atoms with E-state index in [9.17, 15) is 23.7 Å². The summed E-state index contributed by atoms with van der Waals surface area (Å²) in [5.74, 6) is -3.38. The predicted molar refractivity (Wildman–Crippen MR) is 152 cm³/mol. The molecule has 0 aromatic heterocycles. The molecule has 5 atom stereocenters. The molecule has 1 heterocycles. The summed E-state index contributed by atoms with van der Waals surface area (Å²) >= 11 is 0. The van der Waals surface area contributed by atoms with Gasteiger partial charge in [-0.2, -0.15) is 0 Å². The van der Waals surface area contributed by atoms with Crippen LogP contribution in [-0.2, 0) is 52.0 Å². The molecule has 1 aliphatic heterocycles. The highest BCUT2D eigenvalue weighted by molar-refractivity contribution is 7.46. The van der Waals surface area contributed by atoms with Crippen molar-refractivity contribution in [3.63, 3.8) is 0 Å². The summed E-state index contributed by atoms with van der Waals surface area (Å²) < 4.78 is 40.9. The van der Waals surface area contributed by atoms with Crippen LogP contribution in [0.1, 0.15) is 69.2 Å². The Kier molecular flexibility index (Phi) is 22.4. The Bertz CT molecular complexity index is 823. The van der Waals surface area contributed by atoms with Crippen LogP contribution in [0.25, 0.3) is 0 Å². The van der Waals surface area contributed by atoms with E-state index in [1.54, 1.807) is 0 Å². The standard InChI is InChI=1S/C14H21O13P.2C6H15N/c1-6(15)22-5-10-11(23-7(2)16)12(24-8(3)17)13(25-9(4)18)14(26-10)27-28(19,20)21;2*1-4-7(5-2)6-3/h10-14H,5H2,1-4H3,(H2,19,20,21);2*4-6H2,1-3H3/t10-,11-,12+,13+,14+;;/m1../s1. The summed E-state index contributed by atoms with van der Waals surface area (Å²) in [6.45, 7) is 23.8. The van der Waals surface area contributed by atoms with Gasteiger partial charge in [0.2, 0.25) is 6.29 Å². The van der Waals surface area contributed by atoms with Gasteiger partial charge >= 0.3 is 31.7 Å². The van der Waals surface area contributed by atoms with Gasteiger partial charge in [-0.15, -0.1) is 0 Å². The van der Waals surface area contributed by atoms with Gasteiger partial charge in [-0.3, -0.25) is 23.7 Å². The van der Waals surface area contributed by atoms with Gasteiger partial charge in [0.15, 0.2) is 18.3 Å². The molecular weight excluding hydrogens is 579 g/mol. The minimum Gasteiger partial charge on any atom is -0.463 e. The lowest BCUT2D eigenvalue weighted by molar-refractivity contribution is -0.291. The number of rotatable bonds is 13. The Morgan fingerprint density at radius 2 is 1.00 bits per heavy atom. The van der Waals surface area contributed by atoms with Gasteiger partial charge in [0, 0.05) is 27.7 Å². The quantitative estimate of drug-likeness (QED) is 0.170. The van der Waals surface area contributed by atoms with E-state index in [4.69, 9.17) is 33.5 Å². The van der Waals surface area contributed by atoms with Crippen molar-refractivity contribution in [2.24, 2.45) is 0 Å². The lowest BCUT2D eigenvalue weighted by Crippen LogP contribution is -2.62. The van der Waals surface area contributed by atoms with Crippen molar-refractivity contribution in [2.45, 2.75) is 99.9 Å². The van der Waals surface area contributed by atoms with Crippen molar-refractivity contribution in [1.29, 1.82) is 0 Å². The Morgan fingerprint density at radius 1 is 0.643 bits per heavy atom. The van der Waals surface area contributed by atoms with Crippen LogP contribution in [0, 0.1) is 0 Å². The van der Waals surface area contributed by atoms with E-state index in [1.165, 1.54) is 39.3 Å². The van der Waals surface area contributed by atoms with Crippen LogP contribution in [-0.4, -0.2) is 120 Å². The zero-order chi connectivity index (χ0) is 33.0. The number of phosphoric acid groups is 1. The van der Waals surface area contributed by atoms with Gasteiger partial charge in [-0.05, 0) is 39.3 Å². The Morgan fingerprint density at radius 3 is 1.29 bits per heavy atom. The van der Waals surface area contributed by atoms with Crippen molar-refractivity contribution in [1.82, 2.24) is 9.80 Å². The van der Waals surface area contributed by atoms with Crippen molar-refractivity contribution < 1.29 is 61.7 Å². The molecule has 0 radical (unpaired) electrons. The maximum Gasteiger partial charge on any atom is 0.472 e. The SMILES string of the molecule is CC(=O)OC[C@H]1O[C@@H](OP(=O)(O)O)[C@@H](OC(C)=O)[C@@H](OC(C)=O)[C@@H]1OC(C)=O.CCN(CC)CC.CCN(CC)CC. The molecule has 42 heavy (non-hydrogen) atoms. The van der Waals surface area contributed by atoms with Gasteiger partial charge in [-0.25, -0.2) is 4.57 Å². The summed E-state index contributed by atoms with van der Waals surface area (Å²) in [5, 5.41) is 0. The number of carbonyl (C=O) groups excluding carboxylic acids is 4. The van der Waals surface area contributed by atoms with E-state index in [1.807, 2.05) is 0 Å². The highest BCUT2D eigenvalue weighted by Crippen LogP contribution is 2.42. The number of nitrogens with zero attached hydrogens (tertiary/aromatic N) is 2. The molecule has 1 saturated heterocycles. The summed E-state index contributed by atoms with van der Waals surface area (Å²) in [7, 11) is -5.16. The average molecular weight is 631 g/mol. The average Bonchev–Trinajstić information content (AvgIpc) is 2.88. The van der Waals surface area contributed by atoms with Crippen LogP contribution in [0.5, 0.6) is 0 Å². The van der Waals surface area contributed by atoms with Crippen LogP contribution < -0.4 is 0 Å². The van der Waals surface area contributed by atoms with Crippen molar-refractivity contribution in [3.8, 4) is 0 Å². The van der Waals surface area contributed by atoms with Crippen LogP contribution in [0.3, 0.4) is 0 Å². The summed E-state index contributed by atoms with van der Waals surface area (Å²) in [6.07, 6.45) is -8.01. The zero-order valence-electron chi connectivity index (χ0n) is 26.6. The monoisotopic (exact) mass is 630 g/mol. The van der Waals surface area contributed by atoms with Crippen molar-refractivity contribution in [3.05, 3.63) is 0 Å². The highest BCUT2D eigenvalue weighted by atomic mass is 31.2. The second-order valence-corrected chi connectivity index (χ2v) is 10.1. The lowest BCUT2D eigenvalue weighted by Gasteiger charge is -2.43. The minimum atomic E-state index is -5.16. The maximum atomic E-state index is 11.5. The fourth-order valence-electron chi connectivity index (χ4n) is 3.75. The first-order valence-electron chi connectivity index (χ1n) is 14.0. The van der Waals surface area contributed by atoms with E-state index in [0.717, 1.165) is 27.7 Å². The number of ether oxygens (including phenoxy) is 5. The fraction of sp³-hybridized carbons (Fsp3) is 0.846. The third-order valence-corrected chi connectivity index (χ3v) is 6.36. The van der Waals surface area contributed by atoms with Crippen LogP contribution in [0.15, 0.2) is 0 Å². The predicted octanol–water partition coefficient (Wildman–Crippen LogP) is 1.88. The molecule has 0 unspecified atom stereocenters. The molecule has 1 rings (SSSR count). The molecule has 0 bridgehead atoms. The summed E-state index contributed by atoms with van der Waals surface area (Å²) in [6, 6.07) is 0. The number of hydrogen-bond acceptors (Lipinski definition) is 13. The van der Waals surface area contributed by atoms with Crippen LogP contribution in [0.2, 0.25) is 0 Å². The van der Waals surface area contributed by atoms with E-state index in [2.05, 4.69) is 55.9 Å². The van der Waals surface area contributed by atoms with E-state index >= 15 is 0 Å². The Labute approximate surface area is 249 Å². The molecule has 1 fully saturated rings. The van der Waals surface area contributed by atoms with Crippen molar-refractivity contribution >= 4 is 31.7 Å². The summed E-state index contributed by atoms with van der Waals surface area (Å²) in [4.78, 5) is 68.5. The first-order chi connectivity index (χ1) is 19.5. The molecule has 0 spiro atoms. The molecule has 2 N–H and O–H groups in total. The molecular formula is C26H51N2O13P. The first-order valence-corrected chi connectivity index (χ1v) is 15.5. The smallest absolute Gasteiger partial charge is 0.463 e. The second kappa shape index (κ2) is 22.4.